The summed E-state index contributed by atoms with van der Waals surface area (Å²) in [6, 6.07) is 0.450. The number of nitrogens with zero attached hydrogens (tertiary/aromatic N) is 5. The summed E-state index contributed by atoms with van der Waals surface area (Å²) in [7, 11) is 2.09. The smallest absolute Gasteiger partial charge is 0.475 e. The molecule has 0 saturated heterocycles. The van der Waals surface area contributed by atoms with E-state index in [2.05, 4.69) is 40.5 Å². The SMILES string of the molecule is Cc1oncc1C(=O)N1CCCn2cnc(CN(C)C(C)C)c2C1.O=C(O)C(F)(F)F. The van der Waals surface area contributed by atoms with E-state index in [9.17, 15) is 18.0 Å². The van der Waals surface area contributed by atoms with Gasteiger partial charge in [-0.25, -0.2) is 9.78 Å². The normalized spacial score (nSPS) is 14.2. The predicted molar refractivity (Wildman–Crippen MR) is 103 cm³/mol. The lowest BCUT2D eigenvalue weighted by molar-refractivity contribution is -0.192. The fourth-order valence-corrected chi connectivity index (χ4v) is 2.91. The summed E-state index contributed by atoms with van der Waals surface area (Å²) in [5, 5.41) is 10.8. The van der Waals surface area contributed by atoms with E-state index in [1.807, 2.05) is 11.2 Å². The maximum absolute atomic E-state index is 12.8. The van der Waals surface area contributed by atoms with Crippen LogP contribution < -0.4 is 0 Å². The summed E-state index contributed by atoms with van der Waals surface area (Å²) in [4.78, 5) is 30.4. The fraction of sp³-hybridized carbons (Fsp3) is 0.579. The molecule has 2 aromatic rings. The fourth-order valence-electron chi connectivity index (χ4n) is 2.91. The third-order valence-electron chi connectivity index (χ3n) is 4.99. The van der Waals surface area contributed by atoms with E-state index < -0.39 is 12.1 Å². The summed E-state index contributed by atoms with van der Waals surface area (Å²) >= 11 is 0. The number of amides is 1. The van der Waals surface area contributed by atoms with Crippen molar-refractivity contribution >= 4 is 11.9 Å². The van der Waals surface area contributed by atoms with Crippen molar-refractivity contribution < 1.29 is 32.4 Å². The number of imidazole rings is 1. The Balaban J connectivity index is 0.000000423. The minimum absolute atomic E-state index is 0.0217. The number of aromatic nitrogens is 3. The second kappa shape index (κ2) is 9.94. The lowest BCUT2D eigenvalue weighted by Gasteiger charge is -2.23. The molecule has 1 aliphatic rings. The van der Waals surface area contributed by atoms with E-state index in [1.165, 1.54) is 6.20 Å². The second-order valence-electron chi connectivity index (χ2n) is 7.52. The van der Waals surface area contributed by atoms with Gasteiger partial charge in [-0.15, -0.1) is 0 Å². The number of carboxylic acids is 1. The van der Waals surface area contributed by atoms with Crippen LogP contribution in [0.5, 0.6) is 0 Å². The van der Waals surface area contributed by atoms with Gasteiger partial charge < -0.3 is 19.1 Å². The Morgan fingerprint density at radius 2 is 1.97 bits per heavy atom. The van der Waals surface area contributed by atoms with Crippen LogP contribution in [-0.2, 0) is 24.4 Å². The quantitative estimate of drug-likeness (QED) is 0.772. The Hall–Kier alpha value is -2.89. The summed E-state index contributed by atoms with van der Waals surface area (Å²) in [5.74, 6) is -2.21. The minimum Gasteiger partial charge on any atom is -0.475 e. The molecule has 1 N–H and O–H groups in total. The van der Waals surface area contributed by atoms with Crippen molar-refractivity contribution in [3.63, 3.8) is 0 Å². The number of carboxylic acid groups (broad SMARTS) is 1. The molecule has 0 radical (unpaired) electrons. The number of carbonyl (C=O) groups is 2. The molecule has 0 aromatic carbocycles. The highest BCUT2D eigenvalue weighted by Crippen LogP contribution is 2.20. The van der Waals surface area contributed by atoms with Crippen molar-refractivity contribution in [3.8, 4) is 0 Å². The van der Waals surface area contributed by atoms with Gasteiger partial charge >= 0.3 is 12.1 Å². The Morgan fingerprint density at radius 3 is 2.48 bits per heavy atom. The molecular formula is C19H26F3N5O4. The molecule has 0 unspecified atom stereocenters. The van der Waals surface area contributed by atoms with Gasteiger partial charge in [0.15, 0.2) is 0 Å². The molecule has 2 aromatic heterocycles. The van der Waals surface area contributed by atoms with Gasteiger partial charge in [-0.2, -0.15) is 13.2 Å². The number of hydrogen-bond acceptors (Lipinski definition) is 6. The van der Waals surface area contributed by atoms with Gasteiger partial charge in [0.05, 0.1) is 30.5 Å². The highest BCUT2D eigenvalue weighted by molar-refractivity contribution is 5.94. The lowest BCUT2D eigenvalue weighted by atomic mass is 10.2. The summed E-state index contributed by atoms with van der Waals surface area (Å²) in [6.07, 6.45) is -0.760. The van der Waals surface area contributed by atoms with Gasteiger partial charge in [0.2, 0.25) is 0 Å². The number of carbonyl (C=O) groups excluding carboxylic acids is 1. The van der Waals surface area contributed by atoms with Gasteiger partial charge in [-0.1, -0.05) is 5.16 Å². The molecule has 0 fully saturated rings. The van der Waals surface area contributed by atoms with Crippen LogP contribution in [0.4, 0.5) is 13.2 Å². The standard InChI is InChI=1S/C17H25N5O2.C2HF3O2/c1-12(2)20(4)9-15-16-10-21(6-5-7-22(16)11-18-15)17(23)14-8-19-24-13(14)3;3-2(4,5)1(6)7/h8,11-12H,5-7,9-10H2,1-4H3;(H,6,7). The minimum atomic E-state index is -5.08. The molecule has 9 nitrogen and oxygen atoms in total. The first-order valence-electron chi connectivity index (χ1n) is 9.65. The first-order valence-corrected chi connectivity index (χ1v) is 9.65. The van der Waals surface area contributed by atoms with Crippen molar-refractivity contribution in [1.82, 2.24) is 24.5 Å². The molecule has 0 atom stereocenters. The molecule has 1 amide bonds. The Labute approximate surface area is 177 Å². The average Bonchev–Trinajstić information content (AvgIpc) is 3.19. The molecule has 12 heteroatoms. The molecule has 0 aliphatic carbocycles. The molecule has 0 spiro atoms. The summed E-state index contributed by atoms with van der Waals surface area (Å²) < 4.78 is 39.0. The number of aliphatic carboxylic acids is 1. The first-order chi connectivity index (χ1) is 14.4. The van der Waals surface area contributed by atoms with Crippen LogP contribution in [0, 0.1) is 6.92 Å². The zero-order valence-electron chi connectivity index (χ0n) is 17.8. The van der Waals surface area contributed by atoms with Crippen molar-refractivity contribution in [2.75, 3.05) is 13.6 Å². The number of rotatable bonds is 4. The van der Waals surface area contributed by atoms with E-state index in [4.69, 9.17) is 14.4 Å². The Kier molecular flexibility index (Phi) is 7.82. The van der Waals surface area contributed by atoms with Gasteiger partial charge in [0.25, 0.3) is 5.91 Å². The Morgan fingerprint density at radius 1 is 1.32 bits per heavy atom. The number of fused-ring (bicyclic) bond motifs is 1. The van der Waals surface area contributed by atoms with Crippen molar-refractivity contribution in [1.29, 1.82) is 0 Å². The molecule has 3 rings (SSSR count). The van der Waals surface area contributed by atoms with Crippen LogP contribution in [0.1, 0.15) is 47.8 Å². The average molecular weight is 445 g/mol. The Bertz CT molecular complexity index is 907. The van der Waals surface area contributed by atoms with E-state index in [-0.39, 0.29) is 5.91 Å². The van der Waals surface area contributed by atoms with Crippen LogP contribution in [-0.4, -0.2) is 67.3 Å². The topological polar surface area (TPSA) is 105 Å². The molecule has 172 valence electrons. The van der Waals surface area contributed by atoms with E-state index in [0.717, 1.165) is 37.4 Å². The summed E-state index contributed by atoms with van der Waals surface area (Å²) in [6.45, 7) is 9.08. The number of aryl methyl sites for hydroxylation is 2. The second-order valence-corrected chi connectivity index (χ2v) is 7.52. The molecular weight excluding hydrogens is 419 g/mol. The van der Waals surface area contributed by atoms with E-state index in [1.54, 1.807) is 6.92 Å². The third-order valence-corrected chi connectivity index (χ3v) is 4.99. The van der Waals surface area contributed by atoms with Crippen LogP contribution in [0.25, 0.3) is 0 Å². The predicted octanol–water partition coefficient (Wildman–Crippen LogP) is 2.70. The maximum Gasteiger partial charge on any atom is 0.490 e. The van der Waals surface area contributed by atoms with Crippen LogP contribution in [0.3, 0.4) is 0 Å². The highest BCUT2D eigenvalue weighted by Gasteiger charge is 2.38. The first kappa shape index (κ1) is 24.4. The van der Waals surface area contributed by atoms with Crippen molar-refractivity contribution in [2.24, 2.45) is 0 Å². The van der Waals surface area contributed by atoms with Gasteiger partial charge in [0, 0.05) is 25.7 Å². The van der Waals surface area contributed by atoms with Crippen LogP contribution in [0.15, 0.2) is 17.0 Å². The number of hydrogen-bond donors (Lipinski definition) is 1. The van der Waals surface area contributed by atoms with E-state index >= 15 is 0 Å². The van der Waals surface area contributed by atoms with Crippen molar-refractivity contribution in [3.05, 3.63) is 35.2 Å². The van der Waals surface area contributed by atoms with Gasteiger partial charge in [-0.3, -0.25) is 9.69 Å². The maximum atomic E-state index is 12.8. The van der Waals surface area contributed by atoms with Crippen LogP contribution >= 0.6 is 0 Å². The number of halogens is 3. The van der Waals surface area contributed by atoms with E-state index in [0.29, 0.717) is 23.9 Å². The molecule has 0 bridgehead atoms. The largest absolute Gasteiger partial charge is 0.490 e. The zero-order valence-corrected chi connectivity index (χ0v) is 17.8. The molecule has 31 heavy (non-hydrogen) atoms. The monoisotopic (exact) mass is 445 g/mol. The van der Waals surface area contributed by atoms with Crippen molar-refractivity contribution in [2.45, 2.75) is 59.0 Å². The molecule has 0 saturated carbocycles. The number of alkyl halides is 3. The lowest BCUT2D eigenvalue weighted by Crippen LogP contribution is -2.32. The van der Waals surface area contributed by atoms with Gasteiger partial charge in [-0.05, 0) is 34.2 Å². The third kappa shape index (κ3) is 6.29. The summed E-state index contributed by atoms with van der Waals surface area (Å²) in [5.41, 5.74) is 2.72. The zero-order chi connectivity index (χ0) is 23.3. The van der Waals surface area contributed by atoms with Gasteiger partial charge in [0.1, 0.15) is 11.3 Å². The molecule has 3 heterocycles. The van der Waals surface area contributed by atoms with Crippen LogP contribution in [0.2, 0.25) is 0 Å². The molecule has 1 aliphatic heterocycles. The highest BCUT2D eigenvalue weighted by atomic mass is 19.4.